The standard InChI is InChI=1S/C17H18N4O/c18-17(10-4-1-5-11-17)16-20-15(22-21-16)14-9-8-12-6-2-3-7-13(12)19-14/h2-3,6-9H,1,4-5,10-11,18H2. The van der Waals surface area contributed by atoms with Gasteiger partial charge in [-0.2, -0.15) is 4.98 Å². The van der Waals surface area contributed by atoms with Gasteiger partial charge in [-0.05, 0) is 25.0 Å². The van der Waals surface area contributed by atoms with Crippen molar-refractivity contribution in [2.45, 2.75) is 37.6 Å². The van der Waals surface area contributed by atoms with Gasteiger partial charge in [-0.3, -0.25) is 0 Å². The molecule has 2 heterocycles. The molecular formula is C17H18N4O. The first-order valence-electron chi connectivity index (χ1n) is 7.74. The summed E-state index contributed by atoms with van der Waals surface area (Å²) >= 11 is 0. The Kier molecular flexibility index (Phi) is 3.15. The van der Waals surface area contributed by atoms with E-state index in [-0.39, 0.29) is 0 Å². The van der Waals surface area contributed by atoms with E-state index < -0.39 is 5.54 Å². The Morgan fingerprint density at radius 2 is 1.77 bits per heavy atom. The van der Waals surface area contributed by atoms with E-state index >= 15 is 0 Å². The van der Waals surface area contributed by atoms with Gasteiger partial charge in [0.25, 0.3) is 5.89 Å². The van der Waals surface area contributed by atoms with Crippen molar-refractivity contribution in [1.29, 1.82) is 0 Å². The average Bonchev–Trinajstić information content (AvgIpc) is 3.06. The molecule has 1 aliphatic rings. The summed E-state index contributed by atoms with van der Waals surface area (Å²) in [5, 5.41) is 5.21. The van der Waals surface area contributed by atoms with Crippen molar-refractivity contribution in [2.24, 2.45) is 5.73 Å². The second-order valence-electron chi connectivity index (χ2n) is 6.03. The van der Waals surface area contributed by atoms with E-state index in [4.69, 9.17) is 10.3 Å². The van der Waals surface area contributed by atoms with Gasteiger partial charge in [0.2, 0.25) is 0 Å². The van der Waals surface area contributed by atoms with Gasteiger partial charge in [0.1, 0.15) is 5.69 Å². The average molecular weight is 294 g/mol. The van der Waals surface area contributed by atoms with Gasteiger partial charge in [0.05, 0.1) is 11.1 Å². The number of pyridine rings is 1. The van der Waals surface area contributed by atoms with Gasteiger partial charge in [-0.15, -0.1) is 0 Å². The van der Waals surface area contributed by atoms with Crippen LogP contribution in [-0.4, -0.2) is 15.1 Å². The zero-order valence-electron chi connectivity index (χ0n) is 12.3. The van der Waals surface area contributed by atoms with Gasteiger partial charge in [-0.25, -0.2) is 4.98 Å². The second-order valence-corrected chi connectivity index (χ2v) is 6.03. The van der Waals surface area contributed by atoms with E-state index in [0.717, 1.165) is 36.6 Å². The predicted octanol–water partition coefficient (Wildman–Crippen LogP) is 3.40. The molecule has 3 aromatic rings. The fraction of sp³-hybridized carbons (Fsp3) is 0.353. The summed E-state index contributed by atoms with van der Waals surface area (Å²) < 4.78 is 5.41. The Hall–Kier alpha value is -2.27. The van der Waals surface area contributed by atoms with Crippen molar-refractivity contribution in [2.75, 3.05) is 0 Å². The van der Waals surface area contributed by atoms with Crippen molar-refractivity contribution >= 4 is 10.9 Å². The molecule has 0 saturated heterocycles. The van der Waals surface area contributed by atoms with Crippen LogP contribution in [0.2, 0.25) is 0 Å². The highest BCUT2D eigenvalue weighted by Gasteiger charge is 2.34. The van der Waals surface area contributed by atoms with Crippen LogP contribution in [0.15, 0.2) is 40.9 Å². The summed E-state index contributed by atoms with van der Waals surface area (Å²) in [7, 11) is 0. The minimum atomic E-state index is -0.448. The lowest BCUT2D eigenvalue weighted by Gasteiger charge is -2.29. The highest BCUT2D eigenvalue weighted by Crippen LogP contribution is 2.34. The summed E-state index contributed by atoms with van der Waals surface area (Å²) in [5.41, 5.74) is 7.62. The first-order valence-corrected chi connectivity index (χ1v) is 7.74. The summed E-state index contributed by atoms with van der Waals surface area (Å²) in [6.45, 7) is 0. The Morgan fingerprint density at radius 1 is 0.955 bits per heavy atom. The van der Waals surface area contributed by atoms with E-state index in [0.29, 0.717) is 17.4 Å². The monoisotopic (exact) mass is 294 g/mol. The summed E-state index contributed by atoms with van der Waals surface area (Å²) in [6.07, 6.45) is 5.30. The number of rotatable bonds is 2. The molecule has 0 radical (unpaired) electrons. The van der Waals surface area contributed by atoms with E-state index in [9.17, 15) is 0 Å². The minimum absolute atomic E-state index is 0.441. The number of nitrogens with zero attached hydrogens (tertiary/aromatic N) is 3. The Morgan fingerprint density at radius 3 is 2.64 bits per heavy atom. The number of hydrogen-bond acceptors (Lipinski definition) is 5. The molecular weight excluding hydrogens is 276 g/mol. The number of fused-ring (bicyclic) bond motifs is 1. The van der Waals surface area contributed by atoms with Gasteiger partial charge >= 0.3 is 0 Å². The molecule has 1 aliphatic carbocycles. The van der Waals surface area contributed by atoms with Crippen LogP contribution < -0.4 is 5.73 Å². The van der Waals surface area contributed by atoms with Gasteiger partial charge in [0.15, 0.2) is 5.82 Å². The molecule has 0 atom stereocenters. The van der Waals surface area contributed by atoms with E-state index in [1.54, 1.807) is 0 Å². The number of para-hydroxylation sites is 1. The van der Waals surface area contributed by atoms with Crippen LogP contribution in [-0.2, 0) is 5.54 Å². The molecule has 4 rings (SSSR count). The smallest absolute Gasteiger partial charge is 0.276 e. The molecule has 0 unspecified atom stereocenters. The van der Waals surface area contributed by atoms with Crippen LogP contribution >= 0.6 is 0 Å². The normalized spacial score (nSPS) is 17.7. The molecule has 2 aromatic heterocycles. The molecule has 5 heteroatoms. The summed E-state index contributed by atoms with van der Waals surface area (Å²) in [5.74, 6) is 1.05. The molecule has 0 bridgehead atoms. The third-order valence-electron chi connectivity index (χ3n) is 4.43. The molecule has 112 valence electrons. The highest BCUT2D eigenvalue weighted by atomic mass is 16.5. The third-order valence-corrected chi connectivity index (χ3v) is 4.43. The highest BCUT2D eigenvalue weighted by molar-refractivity contribution is 5.80. The van der Waals surface area contributed by atoms with Crippen LogP contribution in [0.3, 0.4) is 0 Å². The lowest BCUT2D eigenvalue weighted by Crippen LogP contribution is -2.39. The summed E-state index contributed by atoms with van der Waals surface area (Å²) in [4.78, 5) is 9.11. The second kappa shape index (κ2) is 5.18. The fourth-order valence-corrected chi connectivity index (χ4v) is 3.12. The molecule has 0 amide bonds. The third kappa shape index (κ3) is 2.27. The van der Waals surface area contributed by atoms with Crippen LogP contribution in [0.1, 0.15) is 37.9 Å². The first-order chi connectivity index (χ1) is 10.7. The molecule has 1 fully saturated rings. The molecule has 1 aromatic carbocycles. The van der Waals surface area contributed by atoms with Gasteiger partial charge in [-0.1, -0.05) is 48.7 Å². The Bertz CT molecular complexity index is 805. The summed E-state index contributed by atoms with van der Waals surface area (Å²) in [6, 6.07) is 11.9. The van der Waals surface area contributed by atoms with E-state index in [2.05, 4.69) is 15.1 Å². The molecule has 2 N–H and O–H groups in total. The molecule has 0 aliphatic heterocycles. The first kappa shape index (κ1) is 13.4. The maximum atomic E-state index is 6.46. The molecule has 5 nitrogen and oxygen atoms in total. The minimum Gasteiger partial charge on any atom is -0.332 e. The zero-order chi connectivity index (χ0) is 15.0. The number of hydrogen-bond donors (Lipinski definition) is 1. The fourth-order valence-electron chi connectivity index (χ4n) is 3.12. The van der Waals surface area contributed by atoms with Crippen LogP contribution in [0.25, 0.3) is 22.5 Å². The maximum Gasteiger partial charge on any atom is 0.276 e. The molecule has 0 spiro atoms. The number of nitrogens with two attached hydrogens (primary N) is 1. The van der Waals surface area contributed by atoms with Crippen molar-refractivity contribution < 1.29 is 4.52 Å². The Labute approximate surface area is 128 Å². The quantitative estimate of drug-likeness (QED) is 0.783. The van der Waals surface area contributed by atoms with Gasteiger partial charge in [0, 0.05) is 5.39 Å². The lowest BCUT2D eigenvalue weighted by atomic mass is 9.82. The van der Waals surface area contributed by atoms with Crippen molar-refractivity contribution in [3.05, 3.63) is 42.2 Å². The van der Waals surface area contributed by atoms with Crippen molar-refractivity contribution in [3.63, 3.8) is 0 Å². The predicted molar refractivity (Wildman–Crippen MR) is 84.0 cm³/mol. The van der Waals surface area contributed by atoms with E-state index in [1.165, 1.54) is 6.42 Å². The van der Waals surface area contributed by atoms with E-state index in [1.807, 2.05) is 36.4 Å². The SMILES string of the molecule is NC1(c2noc(-c3ccc4ccccc4n3)n2)CCCCC1. The van der Waals surface area contributed by atoms with Crippen molar-refractivity contribution in [1.82, 2.24) is 15.1 Å². The van der Waals surface area contributed by atoms with Crippen LogP contribution in [0, 0.1) is 0 Å². The largest absolute Gasteiger partial charge is 0.332 e. The lowest BCUT2D eigenvalue weighted by molar-refractivity contribution is 0.275. The van der Waals surface area contributed by atoms with Crippen LogP contribution in [0.5, 0.6) is 0 Å². The number of benzene rings is 1. The molecule has 1 saturated carbocycles. The van der Waals surface area contributed by atoms with Crippen LogP contribution in [0.4, 0.5) is 0 Å². The topological polar surface area (TPSA) is 77.8 Å². The zero-order valence-corrected chi connectivity index (χ0v) is 12.3. The van der Waals surface area contributed by atoms with Gasteiger partial charge < -0.3 is 10.3 Å². The van der Waals surface area contributed by atoms with Crippen molar-refractivity contribution in [3.8, 4) is 11.6 Å². The number of aromatic nitrogens is 3. The Balaban J connectivity index is 1.70. The maximum absolute atomic E-state index is 6.46. The molecule has 22 heavy (non-hydrogen) atoms.